The Balaban J connectivity index is 1.64. The molecule has 1 N–H and O–H groups in total. The minimum Gasteiger partial charge on any atom is -0.457 e. The molecule has 4 aliphatic carbocycles. The second-order valence-electron chi connectivity index (χ2n) is 11.7. The van der Waals surface area contributed by atoms with Gasteiger partial charge in [0, 0.05) is 22.2 Å². The maximum atomic E-state index is 15.8. The molecule has 1 aromatic heterocycles. The van der Waals surface area contributed by atoms with Crippen LogP contribution in [-0.4, -0.2) is 45.9 Å². The van der Waals surface area contributed by atoms with E-state index in [2.05, 4.69) is 0 Å². The number of ketones is 1. The molecule has 2 unspecified atom stereocenters. The summed E-state index contributed by atoms with van der Waals surface area (Å²) in [6.07, 6.45) is 3.96. The smallest absolute Gasteiger partial charge is 0.375 e. The maximum absolute atomic E-state index is 15.8. The molecule has 0 bridgehead atoms. The van der Waals surface area contributed by atoms with Crippen molar-refractivity contribution in [2.45, 2.75) is 64.8 Å². The first-order chi connectivity index (χ1) is 17.4. The zero-order chi connectivity index (χ0) is 27.0. The molecule has 1 aromatic rings. The van der Waals surface area contributed by atoms with Crippen molar-refractivity contribution in [2.75, 3.05) is 6.01 Å². The van der Waals surface area contributed by atoms with Gasteiger partial charge in [0.05, 0.1) is 12.4 Å². The highest BCUT2D eigenvalue weighted by Gasteiger charge is 2.76. The summed E-state index contributed by atoms with van der Waals surface area (Å²) in [5.41, 5.74) is -4.24. The Morgan fingerprint density at radius 2 is 1.97 bits per heavy atom. The second-order valence-corrected chi connectivity index (χ2v) is 12.5. The lowest BCUT2D eigenvalue weighted by Gasteiger charge is -2.66. The lowest BCUT2D eigenvalue weighted by Crippen LogP contribution is -2.68. The molecule has 5 rings (SSSR count). The largest absolute Gasteiger partial charge is 0.457 e. The van der Waals surface area contributed by atoms with Gasteiger partial charge in [-0.1, -0.05) is 33.8 Å². The summed E-state index contributed by atoms with van der Waals surface area (Å²) >= 11 is 0.446. The van der Waals surface area contributed by atoms with Crippen LogP contribution in [0.25, 0.3) is 0 Å². The van der Waals surface area contributed by atoms with Gasteiger partial charge >= 0.3 is 5.97 Å². The highest BCUT2D eigenvalue weighted by molar-refractivity contribution is 8.13. The van der Waals surface area contributed by atoms with E-state index >= 15 is 4.39 Å². The van der Waals surface area contributed by atoms with E-state index in [1.54, 1.807) is 19.9 Å². The van der Waals surface area contributed by atoms with Crippen LogP contribution in [0.4, 0.5) is 8.78 Å². The number of hydrogen-bond donors (Lipinski definition) is 1. The Morgan fingerprint density at radius 3 is 2.62 bits per heavy atom. The number of ether oxygens (including phenoxy) is 1. The van der Waals surface area contributed by atoms with Crippen LogP contribution in [0.3, 0.4) is 0 Å². The summed E-state index contributed by atoms with van der Waals surface area (Å²) < 4.78 is 40.6. The Bertz CT molecular complexity index is 1200. The van der Waals surface area contributed by atoms with E-state index in [1.165, 1.54) is 30.5 Å². The fraction of sp³-hybridized carbons (Fsp3) is 0.607. The van der Waals surface area contributed by atoms with Crippen LogP contribution in [0.15, 0.2) is 46.6 Å². The molecule has 0 radical (unpaired) electrons. The summed E-state index contributed by atoms with van der Waals surface area (Å²) in [5, 5.41) is 11.2. The quantitative estimate of drug-likeness (QED) is 0.529. The summed E-state index contributed by atoms with van der Waals surface area (Å²) in [5.74, 6) is -2.43. The monoisotopic (exact) mass is 534 g/mol. The van der Waals surface area contributed by atoms with Gasteiger partial charge in [-0.3, -0.25) is 9.59 Å². The number of hydrogen-bond acceptors (Lipinski definition) is 7. The van der Waals surface area contributed by atoms with E-state index in [0.717, 1.165) is 0 Å². The summed E-state index contributed by atoms with van der Waals surface area (Å²) in [6.45, 7) is 7.39. The number of aliphatic hydroxyl groups excluding tert-OH is 1. The van der Waals surface area contributed by atoms with Crippen LogP contribution < -0.4 is 0 Å². The van der Waals surface area contributed by atoms with Crippen LogP contribution in [0.2, 0.25) is 0 Å². The molecule has 9 atom stereocenters. The van der Waals surface area contributed by atoms with Crippen LogP contribution in [-0.2, 0) is 14.3 Å². The molecule has 1 heterocycles. The van der Waals surface area contributed by atoms with Gasteiger partial charge in [-0.05, 0) is 72.7 Å². The van der Waals surface area contributed by atoms with Gasteiger partial charge in [-0.25, -0.2) is 13.6 Å². The molecule has 0 saturated heterocycles. The number of rotatable bonds is 4. The summed E-state index contributed by atoms with van der Waals surface area (Å²) in [4.78, 5) is 39.0. The number of aliphatic hydroxyl groups is 1. The van der Waals surface area contributed by atoms with E-state index in [9.17, 15) is 23.9 Å². The van der Waals surface area contributed by atoms with Crippen molar-refractivity contribution in [3.05, 3.63) is 48.0 Å². The summed E-state index contributed by atoms with van der Waals surface area (Å²) in [6, 6.07) is 1.96. The van der Waals surface area contributed by atoms with Crippen molar-refractivity contribution >= 4 is 28.6 Å². The number of fused-ring (bicyclic) bond motifs is 5. The first-order valence-electron chi connectivity index (χ1n) is 12.6. The second kappa shape index (κ2) is 8.63. The number of carbonyl (C=O) groups is 3. The molecule has 37 heavy (non-hydrogen) atoms. The van der Waals surface area contributed by atoms with E-state index in [-0.39, 0.29) is 30.3 Å². The van der Waals surface area contributed by atoms with Gasteiger partial charge < -0.3 is 14.3 Å². The molecule has 3 saturated carbocycles. The normalized spacial score (nSPS) is 44.5. The highest BCUT2D eigenvalue weighted by atomic mass is 32.2. The van der Waals surface area contributed by atoms with Crippen molar-refractivity contribution in [1.82, 2.24) is 0 Å². The number of esters is 1. The SMILES string of the molecule is C[C@@H]1CC2C3C[C@H](F)C4=CC(=O)C=C[C@]4(C)[C@@]3(C)[C@@H](O)C[C@]2(C)[C@@]1(OC(=O)c1ccco1)C(=O)SCF. The Hall–Kier alpha value is -2.26. The molecule has 3 fully saturated rings. The van der Waals surface area contributed by atoms with E-state index < -0.39 is 63.0 Å². The topological polar surface area (TPSA) is 93.8 Å². The van der Waals surface area contributed by atoms with Crippen LogP contribution in [0, 0.1) is 34.0 Å². The van der Waals surface area contributed by atoms with Crippen molar-refractivity contribution in [3.63, 3.8) is 0 Å². The minimum atomic E-state index is -1.75. The van der Waals surface area contributed by atoms with Crippen LogP contribution in [0.5, 0.6) is 0 Å². The lowest BCUT2D eigenvalue weighted by molar-refractivity contribution is -0.209. The average molecular weight is 535 g/mol. The Kier molecular flexibility index (Phi) is 6.15. The van der Waals surface area contributed by atoms with E-state index in [1.807, 2.05) is 13.8 Å². The van der Waals surface area contributed by atoms with Crippen molar-refractivity contribution < 1.29 is 37.4 Å². The van der Waals surface area contributed by atoms with Crippen LogP contribution in [0.1, 0.15) is 57.5 Å². The summed E-state index contributed by atoms with van der Waals surface area (Å²) in [7, 11) is 0. The van der Waals surface area contributed by atoms with Crippen molar-refractivity contribution in [3.8, 4) is 0 Å². The molecule has 0 aromatic carbocycles. The zero-order valence-electron chi connectivity index (χ0n) is 21.3. The Morgan fingerprint density at radius 1 is 1.24 bits per heavy atom. The first kappa shape index (κ1) is 26.4. The molecule has 9 heteroatoms. The van der Waals surface area contributed by atoms with E-state index in [4.69, 9.17) is 9.15 Å². The number of carbonyl (C=O) groups excluding carboxylic acids is 3. The van der Waals surface area contributed by atoms with Gasteiger partial charge in [0.1, 0.15) is 12.2 Å². The number of thioether (sulfide) groups is 1. The fourth-order valence-electron chi connectivity index (χ4n) is 8.37. The molecule has 0 amide bonds. The number of furan rings is 1. The highest BCUT2D eigenvalue weighted by Crippen LogP contribution is 2.73. The molecule has 4 aliphatic rings. The standard InChI is InChI=1S/C28H32F2O6S/c1-15-10-17-18-12-20(30)19-11-16(31)7-8-25(19,2)27(18,4)22(32)13-26(17,3)28(15,24(34)37-14-29)36-23(33)21-6-5-9-35-21/h5-9,11,15,17-18,20,22,32H,10,12-14H2,1-4H3/t15-,17?,18?,20+,22+,25+,26+,27-,28+/m1/s1. The minimum absolute atomic E-state index is 0.0652. The van der Waals surface area contributed by atoms with Crippen LogP contribution >= 0.6 is 11.8 Å². The predicted molar refractivity (Wildman–Crippen MR) is 133 cm³/mol. The molecular weight excluding hydrogens is 502 g/mol. The Labute approximate surface area is 218 Å². The number of alkyl halides is 2. The lowest BCUT2D eigenvalue weighted by atomic mass is 9.39. The molecular formula is C28H32F2O6S. The third kappa shape index (κ3) is 3.28. The van der Waals surface area contributed by atoms with Gasteiger partial charge in [0.25, 0.3) is 0 Å². The van der Waals surface area contributed by atoms with Gasteiger partial charge in [-0.2, -0.15) is 0 Å². The molecule has 0 spiro atoms. The predicted octanol–water partition coefficient (Wildman–Crippen LogP) is 5.22. The zero-order valence-corrected chi connectivity index (χ0v) is 22.1. The fourth-order valence-corrected chi connectivity index (χ4v) is 9.16. The van der Waals surface area contributed by atoms with Gasteiger partial charge in [0.2, 0.25) is 10.9 Å². The third-order valence-electron chi connectivity index (χ3n) is 10.4. The van der Waals surface area contributed by atoms with Gasteiger partial charge in [-0.15, -0.1) is 0 Å². The number of halogens is 2. The number of allylic oxidation sites excluding steroid dienone is 4. The molecule has 200 valence electrons. The van der Waals surface area contributed by atoms with Gasteiger partial charge in [0.15, 0.2) is 11.4 Å². The van der Waals surface area contributed by atoms with Crippen molar-refractivity contribution in [1.29, 1.82) is 0 Å². The molecule has 6 nitrogen and oxygen atoms in total. The molecule has 0 aliphatic heterocycles. The van der Waals surface area contributed by atoms with Crippen molar-refractivity contribution in [2.24, 2.45) is 34.0 Å². The maximum Gasteiger partial charge on any atom is 0.375 e. The third-order valence-corrected chi connectivity index (χ3v) is 11.1. The average Bonchev–Trinajstić information content (AvgIpc) is 3.45. The van der Waals surface area contributed by atoms with E-state index in [0.29, 0.717) is 23.8 Å². The first-order valence-corrected chi connectivity index (χ1v) is 13.6.